The molecule has 1 amide bonds. The normalized spacial score (nSPS) is 11.7. The minimum atomic E-state index is -0.110. The molecule has 0 spiro atoms. The molecule has 114 valence electrons. The highest BCUT2D eigenvalue weighted by Crippen LogP contribution is 2.11. The van der Waals surface area contributed by atoms with Crippen LogP contribution in [0.2, 0.25) is 0 Å². The number of hydrogen-bond donors (Lipinski definition) is 2. The first-order valence-electron chi connectivity index (χ1n) is 7.10. The molecule has 0 radical (unpaired) electrons. The van der Waals surface area contributed by atoms with Gasteiger partial charge in [0.2, 0.25) is 0 Å². The highest BCUT2D eigenvalue weighted by atomic mass is 16.2. The predicted molar refractivity (Wildman–Crippen MR) is 85.2 cm³/mol. The summed E-state index contributed by atoms with van der Waals surface area (Å²) in [5.74, 6) is 5.71. The Morgan fingerprint density at radius 2 is 2.14 bits per heavy atom. The van der Waals surface area contributed by atoms with Gasteiger partial charge in [-0.2, -0.15) is 0 Å². The van der Waals surface area contributed by atoms with E-state index in [2.05, 4.69) is 17.2 Å². The molecule has 4 heteroatoms. The maximum atomic E-state index is 12.4. The molecule has 0 saturated carbocycles. The van der Waals surface area contributed by atoms with Crippen molar-refractivity contribution < 1.29 is 9.90 Å². The van der Waals surface area contributed by atoms with E-state index in [9.17, 15) is 4.79 Å². The fourth-order valence-electron chi connectivity index (χ4n) is 2.06. The molecule has 0 aliphatic rings. The first-order valence-corrected chi connectivity index (χ1v) is 7.10. The smallest absolute Gasteiger partial charge is 0.252 e. The lowest BCUT2D eigenvalue weighted by molar-refractivity contribution is 0.0934. The van der Waals surface area contributed by atoms with E-state index < -0.39 is 0 Å². The average Bonchev–Trinajstić information content (AvgIpc) is 2.39. The zero-order valence-electron chi connectivity index (χ0n) is 13.2. The summed E-state index contributed by atoms with van der Waals surface area (Å²) in [5, 5.41) is 11.8. The number of amides is 1. The average molecular weight is 288 g/mol. The topological polar surface area (TPSA) is 52.6 Å². The van der Waals surface area contributed by atoms with Gasteiger partial charge in [-0.3, -0.25) is 4.79 Å². The summed E-state index contributed by atoms with van der Waals surface area (Å²) in [4.78, 5) is 14.4. The van der Waals surface area contributed by atoms with Gasteiger partial charge in [-0.25, -0.2) is 0 Å². The number of likely N-dealkylation sites (N-methyl/N-ethyl adjacent to an activating group) is 1. The number of aliphatic hydroxyl groups excluding tert-OH is 1. The van der Waals surface area contributed by atoms with E-state index in [1.54, 1.807) is 0 Å². The fourth-order valence-corrected chi connectivity index (χ4v) is 2.06. The number of benzene rings is 1. The second-order valence-corrected chi connectivity index (χ2v) is 5.46. The highest BCUT2D eigenvalue weighted by Gasteiger charge is 2.13. The number of carbonyl (C=O) groups excluding carboxylic acids is 1. The third-order valence-electron chi connectivity index (χ3n) is 2.90. The van der Waals surface area contributed by atoms with Crippen molar-refractivity contribution >= 4 is 5.91 Å². The highest BCUT2D eigenvalue weighted by molar-refractivity contribution is 5.97. The van der Waals surface area contributed by atoms with E-state index in [0.29, 0.717) is 17.5 Å². The van der Waals surface area contributed by atoms with Crippen LogP contribution in [0.5, 0.6) is 0 Å². The van der Waals surface area contributed by atoms with Crippen molar-refractivity contribution in [3.8, 4) is 11.8 Å². The summed E-state index contributed by atoms with van der Waals surface area (Å²) in [6, 6.07) is 5.70. The van der Waals surface area contributed by atoms with E-state index >= 15 is 0 Å². The molecule has 21 heavy (non-hydrogen) atoms. The number of hydrogen-bond acceptors (Lipinski definition) is 3. The second-order valence-electron chi connectivity index (χ2n) is 5.46. The number of rotatable bonds is 5. The van der Waals surface area contributed by atoms with Crippen molar-refractivity contribution in [3.63, 3.8) is 0 Å². The van der Waals surface area contributed by atoms with Crippen LogP contribution in [0.4, 0.5) is 0 Å². The van der Waals surface area contributed by atoms with E-state index in [1.807, 2.05) is 51.0 Å². The van der Waals surface area contributed by atoms with Gasteiger partial charge in [-0.05, 0) is 40.1 Å². The standard InChI is InChI=1S/C17H24N2O2/c1-13-8-9-15(7-5-6-10-20)16(11-13)17(21)18-14(2)12-19(3)4/h8-9,11,14,20H,6,10,12H2,1-4H3,(H,18,21). The predicted octanol–water partition coefficient (Wildman–Crippen LogP) is 1.41. The monoisotopic (exact) mass is 288 g/mol. The third kappa shape index (κ3) is 5.99. The Balaban J connectivity index is 2.92. The van der Waals surface area contributed by atoms with Crippen molar-refractivity contribution in [2.75, 3.05) is 27.2 Å². The molecule has 0 saturated heterocycles. The molecule has 1 aromatic rings. The molecule has 0 bridgehead atoms. The summed E-state index contributed by atoms with van der Waals surface area (Å²) in [6.45, 7) is 4.74. The van der Waals surface area contributed by atoms with Gasteiger partial charge in [-0.15, -0.1) is 0 Å². The number of aliphatic hydroxyl groups is 1. The third-order valence-corrected chi connectivity index (χ3v) is 2.90. The summed E-state index contributed by atoms with van der Waals surface area (Å²) in [7, 11) is 3.95. The fraction of sp³-hybridized carbons (Fsp3) is 0.471. The Hall–Kier alpha value is -1.83. The number of carbonyl (C=O) groups is 1. The molecule has 1 unspecified atom stereocenters. The Morgan fingerprint density at radius 3 is 2.76 bits per heavy atom. The molecule has 1 atom stereocenters. The molecule has 1 aromatic carbocycles. The zero-order valence-corrected chi connectivity index (χ0v) is 13.2. The first kappa shape index (κ1) is 17.2. The van der Waals surface area contributed by atoms with Crippen molar-refractivity contribution in [2.45, 2.75) is 26.3 Å². The van der Waals surface area contributed by atoms with Crippen LogP contribution in [-0.4, -0.2) is 49.2 Å². The molecule has 4 nitrogen and oxygen atoms in total. The van der Waals surface area contributed by atoms with Crippen LogP contribution in [0, 0.1) is 18.8 Å². The largest absolute Gasteiger partial charge is 0.395 e. The van der Waals surface area contributed by atoms with E-state index in [-0.39, 0.29) is 18.6 Å². The van der Waals surface area contributed by atoms with Crippen LogP contribution in [-0.2, 0) is 0 Å². The van der Waals surface area contributed by atoms with E-state index in [1.165, 1.54) is 0 Å². The molecule has 0 heterocycles. The van der Waals surface area contributed by atoms with Gasteiger partial charge in [0.1, 0.15) is 0 Å². The van der Waals surface area contributed by atoms with Crippen LogP contribution in [0.25, 0.3) is 0 Å². The minimum Gasteiger partial charge on any atom is -0.395 e. The van der Waals surface area contributed by atoms with Gasteiger partial charge in [-0.1, -0.05) is 23.5 Å². The SMILES string of the molecule is Cc1ccc(C#CCCO)c(C(=O)NC(C)CN(C)C)c1. The van der Waals surface area contributed by atoms with Crippen LogP contribution in [0.3, 0.4) is 0 Å². The van der Waals surface area contributed by atoms with Gasteiger partial charge < -0.3 is 15.3 Å². The lowest BCUT2D eigenvalue weighted by Crippen LogP contribution is -2.39. The van der Waals surface area contributed by atoms with Crippen LogP contribution < -0.4 is 5.32 Å². The van der Waals surface area contributed by atoms with E-state index in [4.69, 9.17) is 5.11 Å². The molecular weight excluding hydrogens is 264 g/mol. The van der Waals surface area contributed by atoms with Crippen molar-refractivity contribution in [2.24, 2.45) is 0 Å². The summed E-state index contributed by atoms with van der Waals surface area (Å²) < 4.78 is 0. The summed E-state index contributed by atoms with van der Waals surface area (Å²) in [5.41, 5.74) is 2.31. The molecule has 0 fully saturated rings. The van der Waals surface area contributed by atoms with Crippen molar-refractivity contribution in [1.29, 1.82) is 0 Å². The van der Waals surface area contributed by atoms with Gasteiger partial charge in [0, 0.05) is 24.6 Å². The second kappa shape index (κ2) is 8.46. The maximum absolute atomic E-state index is 12.4. The van der Waals surface area contributed by atoms with Gasteiger partial charge in [0.05, 0.1) is 12.2 Å². The zero-order chi connectivity index (χ0) is 15.8. The Labute approximate surface area is 127 Å². The van der Waals surface area contributed by atoms with Crippen LogP contribution >= 0.6 is 0 Å². The van der Waals surface area contributed by atoms with Crippen molar-refractivity contribution in [3.05, 3.63) is 34.9 Å². The number of aryl methyl sites for hydroxylation is 1. The molecule has 0 aromatic heterocycles. The first-order chi connectivity index (χ1) is 9.93. The van der Waals surface area contributed by atoms with Crippen LogP contribution in [0.1, 0.15) is 34.8 Å². The molecular formula is C17H24N2O2. The number of nitrogens with zero attached hydrogens (tertiary/aromatic N) is 1. The van der Waals surface area contributed by atoms with Crippen LogP contribution in [0.15, 0.2) is 18.2 Å². The number of nitrogens with one attached hydrogen (secondary N) is 1. The summed E-state index contributed by atoms with van der Waals surface area (Å²) in [6.07, 6.45) is 0.409. The summed E-state index contributed by atoms with van der Waals surface area (Å²) >= 11 is 0. The lowest BCUT2D eigenvalue weighted by Gasteiger charge is -2.18. The van der Waals surface area contributed by atoms with Gasteiger partial charge in [0.15, 0.2) is 0 Å². The molecule has 0 aliphatic heterocycles. The van der Waals surface area contributed by atoms with Gasteiger partial charge in [0.25, 0.3) is 5.91 Å². The molecule has 2 N–H and O–H groups in total. The Morgan fingerprint density at radius 1 is 1.43 bits per heavy atom. The van der Waals surface area contributed by atoms with E-state index in [0.717, 1.165) is 12.1 Å². The Kier molecular flexibility index (Phi) is 6.93. The van der Waals surface area contributed by atoms with Crippen molar-refractivity contribution in [1.82, 2.24) is 10.2 Å². The Bertz CT molecular complexity index is 541. The van der Waals surface area contributed by atoms with Gasteiger partial charge >= 0.3 is 0 Å². The maximum Gasteiger partial charge on any atom is 0.252 e. The molecule has 1 rings (SSSR count). The molecule has 0 aliphatic carbocycles. The minimum absolute atomic E-state index is 0.0280. The quantitative estimate of drug-likeness (QED) is 0.806. The lowest BCUT2D eigenvalue weighted by atomic mass is 10.0.